The van der Waals surface area contributed by atoms with Crippen LogP contribution in [0.5, 0.6) is 11.5 Å². The van der Waals surface area contributed by atoms with Gasteiger partial charge in [-0.25, -0.2) is 9.97 Å². The van der Waals surface area contributed by atoms with Crippen molar-refractivity contribution < 1.29 is 9.84 Å². The number of phenolic OH excluding ortho intramolecular Hbond substituents is 1. The third kappa shape index (κ3) is 3.22. The number of anilines is 1. The zero-order valence-corrected chi connectivity index (χ0v) is 15.3. The number of aromatic nitrogens is 2. The first-order valence-corrected chi connectivity index (χ1v) is 9.58. The fraction of sp³-hybridized carbons (Fsp3) is 0.316. The zero-order valence-electron chi connectivity index (χ0n) is 14.5. The molecule has 1 aliphatic rings. The highest BCUT2D eigenvalue weighted by Crippen LogP contribution is 2.38. The minimum absolute atomic E-state index is 0.127. The van der Waals surface area contributed by atoms with Gasteiger partial charge < -0.3 is 9.84 Å². The average Bonchev–Trinajstić information content (AvgIpc) is 3.03. The Morgan fingerprint density at radius 1 is 1.31 bits per heavy atom. The molecule has 2 N–H and O–H groups in total. The summed E-state index contributed by atoms with van der Waals surface area (Å²) < 4.78 is 5.37. The number of rotatable bonds is 5. The van der Waals surface area contributed by atoms with Crippen LogP contribution in [0.3, 0.4) is 0 Å². The highest BCUT2D eigenvalue weighted by molar-refractivity contribution is 7.19. The van der Waals surface area contributed by atoms with Crippen molar-refractivity contribution in [2.24, 2.45) is 5.10 Å². The van der Waals surface area contributed by atoms with Crippen molar-refractivity contribution in [2.45, 2.75) is 32.6 Å². The van der Waals surface area contributed by atoms with E-state index in [2.05, 4.69) is 20.5 Å². The number of benzene rings is 1. The molecule has 0 atom stereocenters. The van der Waals surface area contributed by atoms with Crippen molar-refractivity contribution in [1.29, 1.82) is 0 Å². The molecule has 26 heavy (non-hydrogen) atoms. The highest BCUT2D eigenvalue weighted by Gasteiger charge is 2.19. The minimum Gasteiger partial charge on any atom is -0.507 e. The van der Waals surface area contributed by atoms with Crippen LogP contribution in [0.1, 0.15) is 35.8 Å². The normalized spacial score (nSPS) is 13.9. The van der Waals surface area contributed by atoms with Crippen LogP contribution in [-0.2, 0) is 12.8 Å². The van der Waals surface area contributed by atoms with Gasteiger partial charge >= 0.3 is 0 Å². The van der Waals surface area contributed by atoms with Gasteiger partial charge in [0.2, 0.25) is 0 Å². The summed E-state index contributed by atoms with van der Waals surface area (Å²) in [5, 5.41) is 15.4. The molecule has 0 bridgehead atoms. The van der Waals surface area contributed by atoms with Crippen LogP contribution >= 0.6 is 11.3 Å². The SMILES string of the molecule is CCOc1ccc(/C=N/Nc2ncnc3sc4c(c23)CCCC4)c(O)c1. The van der Waals surface area contributed by atoms with E-state index in [4.69, 9.17) is 4.74 Å². The standard InChI is InChI=1S/C19H20N4O2S/c1-2-25-13-8-7-12(15(24)9-13)10-22-23-18-17-14-5-3-4-6-16(14)26-19(17)21-11-20-18/h7-11,24H,2-6H2,1H3,(H,20,21,23)/b22-10+. The Morgan fingerprint density at radius 2 is 2.19 bits per heavy atom. The fourth-order valence-corrected chi connectivity index (χ4v) is 4.46. The molecule has 0 saturated heterocycles. The Bertz CT molecular complexity index is 968. The number of hydrogen-bond donors (Lipinski definition) is 2. The molecule has 0 amide bonds. The van der Waals surface area contributed by atoms with Gasteiger partial charge in [-0.1, -0.05) is 0 Å². The molecule has 134 valence electrons. The van der Waals surface area contributed by atoms with E-state index in [1.54, 1.807) is 36.0 Å². The van der Waals surface area contributed by atoms with Crippen molar-refractivity contribution >= 4 is 33.6 Å². The number of aryl methyl sites for hydroxylation is 2. The summed E-state index contributed by atoms with van der Waals surface area (Å²) >= 11 is 1.76. The molecular formula is C19H20N4O2S. The van der Waals surface area contributed by atoms with Gasteiger partial charge in [0.15, 0.2) is 5.82 Å². The van der Waals surface area contributed by atoms with Crippen LogP contribution in [-0.4, -0.2) is 27.9 Å². The molecular weight excluding hydrogens is 348 g/mol. The third-order valence-corrected chi connectivity index (χ3v) is 5.64. The number of aromatic hydroxyl groups is 1. The number of hydrogen-bond acceptors (Lipinski definition) is 7. The van der Waals surface area contributed by atoms with Crippen molar-refractivity contribution in [3.63, 3.8) is 0 Å². The number of thiophene rings is 1. The number of phenols is 1. The van der Waals surface area contributed by atoms with Crippen LogP contribution in [0.25, 0.3) is 10.2 Å². The summed E-state index contributed by atoms with van der Waals surface area (Å²) in [6.07, 6.45) is 7.79. The van der Waals surface area contributed by atoms with Gasteiger partial charge in [0.05, 0.1) is 18.2 Å². The van der Waals surface area contributed by atoms with E-state index >= 15 is 0 Å². The zero-order chi connectivity index (χ0) is 17.9. The molecule has 3 aromatic rings. The van der Waals surface area contributed by atoms with Crippen LogP contribution in [0.15, 0.2) is 29.6 Å². The maximum Gasteiger partial charge on any atom is 0.158 e. The summed E-state index contributed by atoms with van der Waals surface area (Å²) in [7, 11) is 0. The van der Waals surface area contributed by atoms with E-state index < -0.39 is 0 Å². The molecule has 0 unspecified atom stereocenters. The second-order valence-corrected chi connectivity index (χ2v) is 7.22. The van der Waals surface area contributed by atoms with Gasteiger partial charge in [0.25, 0.3) is 0 Å². The first-order chi connectivity index (χ1) is 12.8. The smallest absolute Gasteiger partial charge is 0.158 e. The quantitative estimate of drug-likeness (QED) is 0.523. The molecule has 1 aromatic carbocycles. The summed E-state index contributed by atoms with van der Waals surface area (Å²) in [5.41, 5.74) is 4.99. The topological polar surface area (TPSA) is 79.6 Å². The maximum absolute atomic E-state index is 10.1. The lowest BCUT2D eigenvalue weighted by atomic mass is 9.97. The molecule has 2 heterocycles. The Hall–Kier alpha value is -2.67. The average molecular weight is 368 g/mol. The number of hydrazone groups is 1. The lowest BCUT2D eigenvalue weighted by molar-refractivity contribution is 0.337. The van der Waals surface area contributed by atoms with E-state index in [9.17, 15) is 5.11 Å². The van der Waals surface area contributed by atoms with Crippen molar-refractivity contribution in [1.82, 2.24) is 9.97 Å². The fourth-order valence-electron chi connectivity index (χ4n) is 3.23. The lowest BCUT2D eigenvalue weighted by Crippen LogP contribution is -2.01. The lowest BCUT2D eigenvalue weighted by Gasteiger charge is -2.11. The second-order valence-electron chi connectivity index (χ2n) is 6.14. The van der Waals surface area contributed by atoms with Gasteiger partial charge in [-0.2, -0.15) is 5.10 Å². The van der Waals surface area contributed by atoms with Crippen LogP contribution < -0.4 is 10.2 Å². The molecule has 2 aromatic heterocycles. The molecule has 0 radical (unpaired) electrons. The van der Waals surface area contributed by atoms with Crippen LogP contribution in [0, 0.1) is 0 Å². The molecule has 0 spiro atoms. The third-order valence-electron chi connectivity index (χ3n) is 4.44. The Balaban J connectivity index is 1.58. The van der Waals surface area contributed by atoms with Crippen molar-refractivity contribution in [3.05, 3.63) is 40.5 Å². The van der Waals surface area contributed by atoms with E-state index in [1.165, 1.54) is 23.3 Å². The first kappa shape index (κ1) is 16.8. The highest BCUT2D eigenvalue weighted by atomic mass is 32.1. The van der Waals surface area contributed by atoms with E-state index in [1.807, 2.05) is 13.0 Å². The van der Waals surface area contributed by atoms with Gasteiger partial charge in [-0.3, -0.25) is 5.43 Å². The Labute approximate surface area is 155 Å². The molecule has 1 aliphatic carbocycles. The van der Waals surface area contributed by atoms with Gasteiger partial charge in [0.1, 0.15) is 22.7 Å². The maximum atomic E-state index is 10.1. The van der Waals surface area contributed by atoms with Gasteiger partial charge in [-0.15, -0.1) is 11.3 Å². The first-order valence-electron chi connectivity index (χ1n) is 8.76. The predicted octanol–water partition coefficient (Wildman–Crippen LogP) is 4.12. The number of nitrogens with one attached hydrogen (secondary N) is 1. The minimum atomic E-state index is 0.127. The van der Waals surface area contributed by atoms with E-state index in [-0.39, 0.29) is 5.75 Å². The van der Waals surface area contributed by atoms with Crippen molar-refractivity contribution in [2.75, 3.05) is 12.0 Å². The largest absolute Gasteiger partial charge is 0.507 e. The summed E-state index contributed by atoms with van der Waals surface area (Å²) in [4.78, 5) is 11.2. The molecule has 0 saturated carbocycles. The monoisotopic (exact) mass is 368 g/mol. The molecule has 0 aliphatic heterocycles. The number of nitrogens with zero attached hydrogens (tertiary/aromatic N) is 3. The van der Waals surface area contributed by atoms with Crippen LogP contribution in [0.4, 0.5) is 5.82 Å². The van der Waals surface area contributed by atoms with Crippen molar-refractivity contribution in [3.8, 4) is 11.5 Å². The summed E-state index contributed by atoms with van der Waals surface area (Å²) in [5.74, 6) is 1.48. The molecule has 6 nitrogen and oxygen atoms in total. The number of fused-ring (bicyclic) bond motifs is 3. The van der Waals surface area contributed by atoms with E-state index in [0.29, 0.717) is 17.9 Å². The van der Waals surface area contributed by atoms with Gasteiger partial charge in [-0.05, 0) is 50.3 Å². The van der Waals surface area contributed by atoms with Crippen LogP contribution in [0.2, 0.25) is 0 Å². The predicted molar refractivity (Wildman–Crippen MR) is 105 cm³/mol. The Kier molecular flexibility index (Phi) is 4.71. The molecule has 4 rings (SSSR count). The molecule has 7 heteroatoms. The van der Waals surface area contributed by atoms with E-state index in [0.717, 1.165) is 28.9 Å². The summed E-state index contributed by atoms with van der Waals surface area (Å²) in [6, 6.07) is 5.17. The van der Waals surface area contributed by atoms with Gasteiger partial charge in [0, 0.05) is 16.5 Å². The number of ether oxygens (including phenoxy) is 1. The Morgan fingerprint density at radius 3 is 3.04 bits per heavy atom. The second kappa shape index (κ2) is 7.29. The molecule has 0 fully saturated rings. The summed E-state index contributed by atoms with van der Waals surface area (Å²) in [6.45, 7) is 2.46.